The highest BCUT2D eigenvalue weighted by molar-refractivity contribution is 5.56. The van der Waals surface area contributed by atoms with Crippen LogP contribution in [0.25, 0.3) is 0 Å². The number of aryl methyl sites for hydroxylation is 1. The van der Waals surface area contributed by atoms with Crippen molar-refractivity contribution < 1.29 is 5.32 Å². The van der Waals surface area contributed by atoms with Crippen LogP contribution in [-0.4, -0.2) is 26.2 Å². The van der Waals surface area contributed by atoms with Crippen molar-refractivity contribution in [3.05, 3.63) is 29.3 Å². The molecule has 1 aromatic rings. The molecule has 1 aliphatic heterocycles. The van der Waals surface area contributed by atoms with Gasteiger partial charge in [0.2, 0.25) is 0 Å². The lowest BCUT2D eigenvalue weighted by molar-refractivity contribution is -0.655. The van der Waals surface area contributed by atoms with Gasteiger partial charge in [0.1, 0.15) is 0 Å². The van der Waals surface area contributed by atoms with Crippen LogP contribution in [0, 0.1) is 13.8 Å². The maximum Gasteiger partial charge on any atom is 0.0934 e. The molecule has 0 aliphatic carbocycles. The molecule has 1 saturated heterocycles. The molecule has 0 unspecified atom stereocenters. The van der Waals surface area contributed by atoms with E-state index >= 15 is 0 Å². The van der Waals surface area contributed by atoms with E-state index in [2.05, 4.69) is 42.3 Å². The molecular formula is C12H19N2+. The molecule has 76 valence electrons. The van der Waals surface area contributed by atoms with E-state index in [1.54, 1.807) is 0 Å². The summed E-state index contributed by atoms with van der Waals surface area (Å²) in [6, 6.07) is 6.60. The SMILES string of the molecule is Cc1cccc(N2CC[NH2+]CC2)c1C. The number of piperazine rings is 1. The Hall–Kier alpha value is -1.02. The Kier molecular flexibility index (Phi) is 2.73. The third-order valence-corrected chi connectivity index (χ3v) is 3.12. The number of hydrogen-bond donors (Lipinski definition) is 1. The molecule has 0 aromatic heterocycles. The molecule has 0 atom stereocenters. The average Bonchev–Trinajstić information content (AvgIpc) is 2.23. The maximum absolute atomic E-state index is 2.50. The van der Waals surface area contributed by atoms with E-state index < -0.39 is 0 Å². The summed E-state index contributed by atoms with van der Waals surface area (Å²) in [4.78, 5) is 2.50. The molecule has 1 fully saturated rings. The first-order valence-corrected chi connectivity index (χ1v) is 5.42. The Morgan fingerprint density at radius 3 is 2.57 bits per heavy atom. The van der Waals surface area contributed by atoms with Gasteiger partial charge in [0, 0.05) is 5.69 Å². The number of anilines is 1. The topological polar surface area (TPSA) is 19.9 Å². The fourth-order valence-corrected chi connectivity index (χ4v) is 2.07. The lowest BCUT2D eigenvalue weighted by atomic mass is 10.1. The van der Waals surface area contributed by atoms with Crippen molar-refractivity contribution in [2.24, 2.45) is 0 Å². The van der Waals surface area contributed by atoms with Crippen LogP contribution in [0.15, 0.2) is 18.2 Å². The zero-order valence-electron chi connectivity index (χ0n) is 9.09. The fourth-order valence-electron chi connectivity index (χ4n) is 2.07. The fraction of sp³-hybridized carbons (Fsp3) is 0.500. The van der Waals surface area contributed by atoms with Gasteiger partial charge in [-0.2, -0.15) is 0 Å². The molecule has 1 aromatic carbocycles. The van der Waals surface area contributed by atoms with Gasteiger partial charge in [0.15, 0.2) is 0 Å². The van der Waals surface area contributed by atoms with Crippen LogP contribution in [0.5, 0.6) is 0 Å². The summed E-state index contributed by atoms with van der Waals surface area (Å²) in [6.45, 7) is 9.24. The third kappa shape index (κ3) is 1.75. The molecule has 2 heteroatoms. The quantitative estimate of drug-likeness (QED) is 0.692. The minimum absolute atomic E-state index is 1.18. The van der Waals surface area contributed by atoms with Gasteiger partial charge in [-0.25, -0.2) is 0 Å². The third-order valence-electron chi connectivity index (χ3n) is 3.12. The van der Waals surface area contributed by atoms with Gasteiger partial charge in [0.05, 0.1) is 26.2 Å². The van der Waals surface area contributed by atoms with Crippen LogP contribution in [0.2, 0.25) is 0 Å². The highest BCUT2D eigenvalue weighted by Gasteiger charge is 2.14. The highest BCUT2D eigenvalue weighted by Crippen LogP contribution is 2.22. The van der Waals surface area contributed by atoms with Gasteiger partial charge in [0.25, 0.3) is 0 Å². The van der Waals surface area contributed by atoms with Crippen molar-refractivity contribution in [2.45, 2.75) is 13.8 Å². The standard InChI is InChI=1S/C12H18N2/c1-10-4-3-5-12(11(10)2)14-8-6-13-7-9-14/h3-5,13H,6-9H2,1-2H3/p+1. The van der Waals surface area contributed by atoms with Crippen molar-refractivity contribution in [2.75, 3.05) is 31.1 Å². The Morgan fingerprint density at radius 2 is 1.86 bits per heavy atom. The summed E-state index contributed by atoms with van der Waals surface area (Å²) in [5.74, 6) is 0. The normalized spacial score (nSPS) is 17.1. The smallest absolute Gasteiger partial charge is 0.0934 e. The van der Waals surface area contributed by atoms with E-state index in [9.17, 15) is 0 Å². The second-order valence-electron chi connectivity index (χ2n) is 4.07. The monoisotopic (exact) mass is 191 g/mol. The number of rotatable bonds is 1. The van der Waals surface area contributed by atoms with Gasteiger partial charge in [-0.15, -0.1) is 0 Å². The van der Waals surface area contributed by atoms with Gasteiger partial charge in [-0.1, -0.05) is 12.1 Å². The summed E-state index contributed by atoms with van der Waals surface area (Å²) >= 11 is 0. The zero-order valence-corrected chi connectivity index (χ0v) is 9.09. The van der Waals surface area contributed by atoms with Gasteiger partial charge >= 0.3 is 0 Å². The molecule has 1 heterocycles. The molecule has 1 aliphatic rings. The first-order valence-electron chi connectivity index (χ1n) is 5.42. The van der Waals surface area contributed by atoms with Crippen molar-refractivity contribution in [3.63, 3.8) is 0 Å². The largest absolute Gasteiger partial charge is 0.360 e. The van der Waals surface area contributed by atoms with E-state index in [1.807, 2.05) is 0 Å². The highest BCUT2D eigenvalue weighted by atomic mass is 15.2. The zero-order chi connectivity index (χ0) is 9.97. The summed E-state index contributed by atoms with van der Waals surface area (Å²) in [7, 11) is 0. The van der Waals surface area contributed by atoms with Crippen LogP contribution in [0.1, 0.15) is 11.1 Å². The van der Waals surface area contributed by atoms with E-state index in [-0.39, 0.29) is 0 Å². The van der Waals surface area contributed by atoms with Gasteiger partial charge in [-0.3, -0.25) is 0 Å². The Morgan fingerprint density at radius 1 is 1.14 bits per heavy atom. The Balaban J connectivity index is 2.26. The Bertz CT molecular complexity index is 314. The van der Waals surface area contributed by atoms with Crippen molar-refractivity contribution in [3.8, 4) is 0 Å². The van der Waals surface area contributed by atoms with Crippen molar-refractivity contribution in [1.82, 2.24) is 0 Å². The van der Waals surface area contributed by atoms with Crippen molar-refractivity contribution in [1.29, 1.82) is 0 Å². The first kappa shape index (κ1) is 9.53. The number of benzene rings is 1. The lowest BCUT2D eigenvalue weighted by Gasteiger charge is -2.29. The second kappa shape index (κ2) is 4.01. The molecule has 2 N–H and O–H groups in total. The molecular weight excluding hydrogens is 172 g/mol. The molecule has 0 spiro atoms. The molecule has 0 radical (unpaired) electrons. The number of quaternary nitrogens is 1. The van der Waals surface area contributed by atoms with Crippen LogP contribution in [0.4, 0.5) is 5.69 Å². The van der Waals surface area contributed by atoms with Crippen LogP contribution in [-0.2, 0) is 0 Å². The molecule has 0 amide bonds. The van der Waals surface area contributed by atoms with Gasteiger partial charge < -0.3 is 10.2 Å². The minimum atomic E-state index is 1.18. The Labute approximate surface area is 85.9 Å². The number of nitrogens with zero attached hydrogens (tertiary/aromatic N) is 1. The minimum Gasteiger partial charge on any atom is -0.360 e. The molecule has 2 nitrogen and oxygen atoms in total. The van der Waals surface area contributed by atoms with Gasteiger partial charge in [-0.05, 0) is 31.0 Å². The maximum atomic E-state index is 2.50. The van der Waals surface area contributed by atoms with E-state index in [4.69, 9.17) is 0 Å². The molecule has 14 heavy (non-hydrogen) atoms. The number of nitrogens with two attached hydrogens (primary N) is 1. The first-order chi connectivity index (χ1) is 6.79. The van der Waals surface area contributed by atoms with Crippen LogP contribution in [0.3, 0.4) is 0 Å². The van der Waals surface area contributed by atoms with E-state index in [1.165, 1.54) is 43.0 Å². The lowest BCUT2D eigenvalue weighted by Crippen LogP contribution is -2.89. The second-order valence-corrected chi connectivity index (χ2v) is 4.07. The van der Waals surface area contributed by atoms with E-state index in [0.717, 1.165) is 0 Å². The number of hydrogen-bond acceptors (Lipinski definition) is 1. The molecule has 2 rings (SSSR count). The predicted octanol–water partition coefficient (Wildman–Crippen LogP) is 0.687. The summed E-state index contributed by atoms with van der Waals surface area (Å²) in [6.07, 6.45) is 0. The molecule has 0 bridgehead atoms. The van der Waals surface area contributed by atoms with E-state index in [0.29, 0.717) is 0 Å². The van der Waals surface area contributed by atoms with Crippen LogP contribution < -0.4 is 10.2 Å². The van der Waals surface area contributed by atoms with Crippen LogP contribution >= 0.6 is 0 Å². The summed E-state index contributed by atoms with van der Waals surface area (Å²) in [5.41, 5.74) is 4.27. The molecule has 0 saturated carbocycles. The summed E-state index contributed by atoms with van der Waals surface area (Å²) in [5, 5.41) is 2.39. The average molecular weight is 191 g/mol. The van der Waals surface area contributed by atoms with Crippen molar-refractivity contribution >= 4 is 5.69 Å². The summed E-state index contributed by atoms with van der Waals surface area (Å²) < 4.78 is 0. The predicted molar refractivity (Wildman–Crippen MR) is 59.8 cm³/mol.